The smallest absolute Gasteiger partial charge is 0.253 e. The van der Waals surface area contributed by atoms with Crippen molar-refractivity contribution in [2.75, 3.05) is 20.1 Å². The molecule has 1 N–H and O–H groups in total. The summed E-state index contributed by atoms with van der Waals surface area (Å²) in [5.41, 5.74) is 5.99. The zero-order chi connectivity index (χ0) is 24.0. The van der Waals surface area contributed by atoms with Gasteiger partial charge in [0.1, 0.15) is 5.82 Å². The Morgan fingerprint density at radius 3 is 2.61 bits per heavy atom. The molecule has 1 aromatic heterocycles. The van der Waals surface area contributed by atoms with Crippen molar-refractivity contribution in [2.24, 2.45) is 0 Å². The van der Waals surface area contributed by atoms with Crippen molar-refractivity contribution in [2.45, 2.75) is 27.2 Å². The summed E-state index contributed by atoms with van der Waals surface area (Å²) in [6, 6.07) is 15.9. The zero-order valence-electron chi connectivity index (χ0n) is 19.7. The quantitative estimate of drug-likeness (QED) is 0.293. The minimum atomic E-state index is 0.0363. The first kappa shape index (κ1) is 24.5. The summed E-state index contributed by atoms with van der Waals surface area (Å²) in [7, 11) is 1.84. The number of hydrogen-bond acceptors (Lipinski definition) is 3. The van der Waals surface area contributed by atoms with Crippen molar-refractivity contribution in [3.05, 3.63) is 99.8 Å². The lowest BCUT2D eigenvalue weighted by atomic mass is 10.0. The summed E-state index contributed by atoms with van der Waals surface area (Å²) in [5.74, 6) is 0.883. The Morgan fingerprint density at radius 2 is 1.94 bits per heavy atom. The molecule has 172 valence electrons. The molecule has 0 saturated heterocycles. The first-order valence-electron chi connectivity index (χ1n) is 11.0. The molecular weight excluding hydrogens is 476 g/mol. The number of aromatic nitrogens is 2. The highest BCUT2D eigenvalue weighted by Gasteiger charge is 2.13. The van der Waals surface area contributed by atoms with E-state index in [2.05, 4.69) is 52.0 Å². The number of benzene rings is 2. The van der Waals surface area contributed by atoms with E-state index in [1.165, 1.54) is 5.56 Å². The van der Waals surface area contributed by atoms with Gasteiger partial charge >= 0.3 is 0 Å². The molecule has 0 radical (unpaired) electrons. The summed E-state index contributed by atoms with van der Waals surface area (Å²) in [6.45, 7) is 11.7. The highest BCUT2D eigenvalue weighted by Crippen LogP contribution is 2.22. The molecule has 0 spiro atoms. The molecule has 0 aliphatic carbocycles. The lowest BCUT2D eigenvalue weighted by Gasteiger charge is -2.19. The molecule has 0 fully saturated rings. The van der Waals surface area contributed by atoms with Crippen LogP contribution in [0.25, 0.3) is 11.4 Å². The van der Waals surface area contributed by atoms with Gasteiger partial charge < -0.3 is 10.2 Å². The molecule has 1 heterocycles. The Bertz CT molecular complexity index is 1180. The van der Waals surface area contributed by atoms with Crippen LogP contribution in [0.4, 0.5) is 0 Å². The minimum Gasteiger partial charge on any atom is -0.370 e. The van der Waals surface area contributed by atoms with Gasteiger partial charge in [-0.15, -0.1) is 0 Å². The van der Waals surface area contributed by atoms with Crippen LogP contribution in [0.2, 0.25) is 0 Å². The third-order valence-electron chi connectivity index (χ3n) is 5.57. The van der Waals surface area contributed by atoms with Gasteiger partial charge in [-0.05, 0) is 78.0 Å². The highest BCUT2D eigenvalue weighted by atomic mass is 79.9. The van der Waals surface area contributed by atoms with Gasteiger partial charge in [-0.3, -0.25) is 4.79 Å². The summed E-state index contributed by atoms with van der Waals surface area (Å²) in [6.07, 6.45) is 4.61. The molecule has 6 heteroatoms. The molecule has 2 aromatic carbocycles. The van der Waals surface area contributed by atoms with E-state index < -0.39 is 0 Å². The van der Waals surface area contributed by atoms with Crippen molar-refractivity contribution in [3.63, 3.8) is 0 Å². The van der Waals surface area contributed by atoms with Gasteiger partial charge in [-0.25, -0.2) is 4.68 Å². The second-order valence-electron chi connectivity index (χ2n) is 8.24. The molecule has 3 aromatic rings. The van der Waals surface area contributed by atoms with Crippen molar-refractivity contribution < 1.29 is 4.79 Å². The van der Waals surface area contributed by atoms with E-state index >= 15 is 0 Å². The number of carbonyl (C=O) groups is 1. The van der Waals surface area contributed by atoms with Gasteiger partial charge in [0.25, 0.3) is 5.91 Å². The lowest BCUT2D eigenvalue weighted by molar-refractivity contribution is 0.0794. The van der Waals surface area contributed by atoms with Gasteiger partial charge in [-0.2, -0.15) is 5.10 Å². The molecule has 0 aliphatic heterocycles. The third-order valence-corrected chi connectivity index (χ3v) is 6.35. The van der Waals surface area contributed by atoms with E-state index in [-0.39, 0.29) is 5.91 Å². The second kappa shape index (κ2) is 11.1. The standard InChI is InChI=1S/C27H31BrN4O/c1-19-10-8-12-23(16-19)27(33)31(5)15-9-14-29-26(32-22(4)25(28)18-30-32)17-21(3)24-13-7-6-11-20(24)2/h6-8,10-13,16-18,29H,3,9,14-15H2,1-2,4-5H3/b26-17-. The molecule has 0 aliphatic rings. The summed E-state index contributed by atoms with van der Waals surface area (Å²) >= 11 is 3.55. The van der Waals surface area contributed by atoms with Gasteiger partial charge in [-0.1, -0.05) is 48.5 Å². The van der Waals surface area contributed by atoms with E-state index in [1.54, 1.807) is 11.1 Å². The summed E-state index contributed by atoms with van der Waals surface area (Å²) < 4.78 is 2.81. The van der Waals surface area contributed by atoms with E-state index in [0.717, 1.165) is 44.7 Å². The van der Waals surface area contributed by atoms with E-state index in [0.29, 0.717) is 13.1 Å². The minimum absolute atomic E-state index is 0.0363. The Kier molecular flexibility index (Phi) is 8.28. The number of aryl methyl sites for hydroxylation is 2. The molecule has 1 amide bonds. The number of nitrogens with zero attached hydrogens (tertiary/aromatic N) is 3. The normalized spacial score (nSPS) is 11.4. The van der Waals surface area contributed by atoms with Crippen LogP contribution in [0.3, 0.4) is 0 Å². The van der Waals surface area contributed by atoms with Crippen molar-refractivity contribution in [1.82, 2.24) is 20.0 Å². The average molecular weight is 507 g/mol. The zero-order valence-corrected chi connectivity index (χ0v) is 21.3. The van der Waals surface area contributed by atoms with Crippen LogP contribution in [-0.2, 0) is 0 Å². The molecule has 0 atom stereocenters. The predicted octanol–water partition coefficient (Wildman–Crippen LogP) is 5.83. The Balaban J connectivity index is 1.68. The van der Waals surface area contributed by atoms with E-state index in [1.807, 2.05) is 68.1 Å². The largest absolute Gasteiger partial charge is 0.370 e. The molecule has 0 saturated carbocycles. The lowest BCUT2D eigenvalue weighted by Crippen LogP contribution is -2.30. The number of halogens is 1. The monoisotopic (exact) mass is 506 g/mol. The fraction of sp³-hybridized carbons (Fsp3) is 0.259. The van der Waals surface area contributed by atoms with Gasteiger partial charge in [0.05, 0.1) is 16.4 Å². The number of hydrogen-bond donors (Lipinski definition) is 1. The number of amides is 1. The fourth-order valence-corrected chi connectivity index (χ4v) is 3.89. The van der Waals surface area contributed by atoms with Crippen molar-refractivity contribution in [1.29, 1.82) is 0 Å². The van der Waals surface area contributed by atoms with Crippen LogP contribution in [0.15, 0.2) is 71.9 Å². The molecular formula is C27H31BrN4O. The molecule has 0 bridgehead atoms. The maximum Gasteiger partial charge on any atom is 0.253 e. The number of allylic oxidation sites excluding steroid dienone is 2. The molecule has 5 nitrogen and oxygen atoms in total. The topological polar surface area (TPSA) is 50.2 Å². The maximum atomic E-state index is 12.7. The highest BCUT2D eigenvalue weighted by molar-refractivity contribution is 9.10. The second-order valence-corrected chi connectivity index (χ2v) is 9.09. The number of nitrogens with one attached hydrogen (secondary N) is 1. The van der Waals surface area contributed by atoms with Crippen LogP contribution >= 0.6 is 15.9 Å². The van der Waals surface area contributed by atoms with Gasteiger partial charge in [0, 0.05) is 25.7 Å². The summed E-state index contributed by atoms with van der Waals surface area (Å²) in [5, 5.41) is 8.00. The maximum absolute atomic E-state index is 12.7. The van der Waals surface area contributed by atoms with Crippen LogP contribution in [0.5, 0.6) is 0 Å². The number of rotatable bonds is 9. The van der Waals surface area contributed by atoms with Gasteiger partial charge in [0.2, 0.25) is 0 Å². The predicted molar refractivity (Wildman–Crippen MR) is 140 cm³/mol. The van der Waals surface area contributed by atoms with Gasteiger partial charge in [0.15, 0.2) is 0 Å². The molecule has 0 unspecified atom stereocenters. The van der Waals surface area contributed by atoms with E-state index in [4.69, 9.17) is 0 Å². The summed E-state index contributed by atoms with van der Waals surface area (Å²) in [4.78, 5) is 14.5. The Hall–Kier alpha value is -3.12. The molecule has 3 rings (SSSR count). The average Bonchev–Trinajstić information content (AvgIpc) is 3.13. The van der Waals surface area contributed by atoms with Crippen LogP contribution in [0, 0.1) is 20.8 Å². The Morgan fingerprint density at radius 1 is 1.18 bits per heavy atom. The Labute approximate surface area is 204 Å². The van der Waals surface area contributed by atoms with E-state index in [9.17, 15) is 4.79 Å². The number of carbonyl (C=O) groups excluding carboxylic acids is 1. The van der Waals surface area contributed by atoms with Crippen LogP contribution in [-0.4, -0.2) is 40.7 Å². The first-order chi connectivity index (χ1) is 15.8. The first-order valence-corrected chi connectivity index (χ1v) is 11.8. The molecule has 33 heavy (non-hydrogen) atoms. The third kappa shape index (κ3) is 6.23. The van der Waals surface area contributed by atoms with Crippen molar-refractivity contribution in [3.8, 4) is 0 Å². The SMILES string of the molecule is C=C(/C=C(/NCCCN(C)C(=O)c1cccc(C)c1)n1ncc(Br)c1C)c1ccccc1C. The van der Waals surface area contributed by atoms with Crippen molar-refractivity contribution >= 4 is 33.2 Å². The fourth-order valence-electron chi connectivity index (χ4n) is 3.63. The van der Waals surface area contributed by atoms with Crippen LogP contribution < -0.4 is 5.32 Å². The van der Waals surface area contributed by atoms with Crippen LogP contribution in [0.1, 0.15) is 39.2 Å².